The zero-order valence-corrected chi connectivity index (χ0v) is 19.0. The summed E-state index contributed by atoms with van der Waals surface area (Å²) in [7, 11) is -1.19. The Morgan fingerprint density at radius 1 is 1.29 bits per heavy atom. The Kier molecular flexibility index (Phi) is 10.5. The highest BCUT2D eigenvalue weighted by Gasteiger charge is 2.31. The molecule has 2 N–H and O–H groups in total. The molecular weight excluding hydrogens is 449 g/mol. The lowest BCUT2D eigenvalue weighted by Gasteiger charge is -2.32. The van der Waals surface area contributed by atoms with Gasteiger partial charge in [0.15, 0.2) is 0 Å². The maximum Gasteiger partial charge on any atom is 0.424 e. The highest BCUT2D eigenvalue weighted by atomic mass is 79.9. The van der Waals surface area contributed by atoms with E-state index in [0.717, 1.165) is 5.56 Å². The second-order valence-electron chi connectivity index (χ2n) is 7.09. The lowest BCUT2D eigenvalue weighted by molar-refractivity contribution is 0.120. The van der Waals surface area contributed by atoms with Crippen LogP contribution in [0.4, 0.5) is 4.79 Å². The zero-order chi connectivity index (χ0) is 21.2. The summed E-state index contributed by atoms with van der Waals surface area (Å²) >= 11 is 3.18. The van der Waals surface area contributed by atoms with Crippen LogP contribution in [0.3, 0.4) is 0 Å². The van der Waals surface area contributed by atoms with E-state index in [4.69, 9.17) is 9.39 Å². The third kappa shape index (κ3) is 8.48. The molecule has 8 nitrogen and oxygen atoms in total. The summed E-state index contributed by atoms with van der Waals surface area (Å²) in [6.07, 6.45) is -0.931. The lowest BCUT2D eigenvalue weighted by Crippen LogP contribution is -2.53. The van der Waals surface area contributed by atoms with Crippen molar-refractivity contribution in [3.05, 3.63) is 35.9 Å². The van der Waals surface area contributed by atoms with E-state index in [2.05, 4.69) is 25.9 Å². The molecule has 0 bridgehead atoms. The van der Waals surface area contributed by atoms with Crippen molar-refractivity contribution in [1.29, 1.82) is 0 Å². The number of alkyl halides is 1. The number of ether oxygens (including phenoxy) is 1. The maximum atomic E-state index is 12.7. The molecule has 0 fully saturated rings. The minimum Gasteiger partial charge on any atom is -0.444 e. The summed E-state index contributed by atoms with van der Waals surface area (Å²) in [5, 5.41) is 3.30. The highest BCUT2D eigenvalue weighted by Crippen LogP contribution is 2.19. The minimum absolute atomic E-state index is 0.0110. The van der Waals surface area contributed by atoms with E-state index in [1.54, 1.807) is 12.1 Å². The molecule has 0 aliphatic rings. The summed E-state index contributed by atoms with van der Waals surface area (Å²) in [6, 6.07) is 8.80. The van der Waals surface area contributed by atoms with E-state index in [-0.39, 0.29) is 36.5 Å². The normalized spacial score (nSPS) is 13.0. The molecule has 28 heavy (non-hydrogen) atoms. The Hall–Kier alpha value is -1.14. The van der Waals surface area contributed by atoms with Gasteiger partial charge in [0.1, 0.15) is 6.61 Å². The number of carbonyl (C=O) groups is 1. The van der Waals surface area contributed by atoms with Gasteiger partial charge < -0.3 is 14.6 Å². The maximum absolute atomic E-state index is 12.7. The van der Waals surface area contributed by atoms with Gasteiger partial charge in [-0.05, 0) is 11.0 Å². The first-order valence-corrected chi connectivity index (χ1v) is 11.3. The van der Waals surface area contributed by atoms with Crippen LogP contribution in [0.5, 0.6) is 0 Å². The molecule has 0 aliphatic carbocycles. The van der Waals surface area contributed by atoms with Gasteiger partial charge in [-0.2, -0.15) is 17.4 Å². The van der Waals surface area contributed by atoms with Crippen molar-refractivity contribution >= 4 is 39.8 Å². The first-order chi connectivity index (χ1) is 13.1. The molecule has 1 amide bonds. The Labute approximate surface area is 177 Å². The van der Waals surface area contributed by atoms with Crippen molar-refractivity contribution in [2.75, 3.05) is 25.5 Å². The number of nitrogens with one attached hydrogen (secondary N) is 2. The highest BCUT2D eigenvalue weighted by molar-refractivity contribution is 9.09. The Balaban J connectivity index is 2.78. The molecule has 0 heterocycles. The second-order valence-corrected chi connectivity index (χ2v) is 9.57. The Bertz CT molecular complexity index is 700. The smallest absolute Gasteiger partial charge is 0.424 e. The van der Waals surface area contributed by atoms with Crippen LogP contribution in [0.2, 0.25) is 0 Å². The van der Waals surface area contributed by atoms with Crippen LogP contribution in [0.15, 0.2) is 30.3 Å². The monoisotopic (exact) mass is 476 g/mol. The first kappa shape index (κ1) is 24.9. The Morgan fingerprint density at radius 2 is 1.93 bits per heavy atom. The molecule has 157 valence electrons. The molecule has 0 aromatic heterocycles. The fourth-order valence-corrected chi connectivity index (χ4v) is 3.91. The zero-order valence-electron chi connectivity index (χ0n) is 16.6. The van der Waals surface area contributed by atoms with Gasteiger partial charge in [-0.1, -0.05) is 67.0 Å². The van der Waals surface area contributed by atoms with Crippen LogP contribution in [-0.4, -0.2) is 58.0 Å². The average Bonchev–Trinajstić information content (AvgIpc) is 2.63. The number of benzene rings is 1. The second kappa shape index (κ2) is 11.8. The number of hydrogen-bond acceptors (Lipinski definition) is 6. The molecule has 1 atom stereocenters. The molecule has 0 unspecified atom stereocenters. The van der Waals surface area contributed by atoms with Gasteiger partial charge >= 0.3 is 23.9 Å². The fraction of sp³-hybridized carbons (Fsp3) is 0.588. The van der Waals surface area contributed by atoms with Crippen LogP contribution >= 0.6 is 15.9 Å². The predicted molar refractivity (Wildman–Crippen MR) is 113 cm³/mol. The van der Waals surface area contributed by atoms with E-state index in [0.29, 0.717) is 4.31 Å². The quantitative estimate of drug-likeness (QED) is 0.374. The van der Waals surface area contributed by atoms with Crippen molar-refractivity contribution < 1.29 is 22.6 Å². The molecule has 0 aliphatic heterocycles. The fourth-order valence-electron chi connectivity index (χ4n) is 2.21. The van der Waals surface area contributed by atoms with Crippen molar-refractivity contribution in [2.45, 2.75) is 33.4 Å². The average molecular weight is 477 g/mol. The van der Waals surface area contributed by atoms with Crippen LogP contribution in [-0.2, 0) is 26.2 Å². The van der Waals surface area contributed by atoms with E-state index in [1.807, 2.05) is 39.0 Å². The Morgan fingerprint density at radius 3 is 2.46 bits per heavy atom. The SMILES string of the molecule is CO[B]N[C@H](CNS(=O)(=O)N(CCBr)C(=O)OCc1ccccc1)C(C)(C)C. The third-order valence-electron chi connectivity index (χ3n) is 3.89. The predicted octanol–water partition coefficient (Wildman–Crippen LogP) is 2.04. The number of halogens is 1. The van der Waals surface area contributed by atoms with Crippen molar-refractivity contribution in [3.8, 4) is 0 Å². The number of hydrogen-bond donors (Lipinski definition) is 2. The molecule has 1 rings (SSSR count). The number of amides is 1. The van der Waals surface area contributed by atoms with E-state index < -0.39 is 16.3 Å². The van der Waals surface area contributed by atoms with E-state index in [9.17, 15) is 13.2 Å². The third-order valence-corrected chi connectivity index (χ3v) is 5.69. The summed E-state index contributed by atoms with van der Waals surface area (Å²) < 4.78 is 38.6. The van der Waals surface area contributed by atoms with Gasteiger partial charge in [-0.15, -0.1) is 0 Å². The molecule has 1 aromatic carbocycles. The summed E-state index contributed by atoms with van der Waals surface area (Å²) in [5.74, 6) is 0. The van der Waals surface area contributed by atoms with E-state index in [1.165, 1.54) is 14.7 Å². The van der Waals surface area contributed by atoms with Crippen molar-refractivity contribution in [2.24, 2.45) is 5.41 Å². The molecule has 11 heteroatoms. The van der Waals surface area contributed by atoms with Crippen LogP contribution in [0, 0.1) is 5.41 Å². The molecular formula is C17H28BBrN3O5S. The van der Waals surface area contributed by atoms with Crippen LogP contribution in [0.25, 0.3) is 0 Å². The van der Waals surface area contributed by atoms with Crippen molar-refractivity contribution in [3.63, 3.8) is 0 Å². The molecule has 0 spiro atoms. The molecule has 1 radical (unpaired) electrons. The number of nitrogens with zero attached hydrogens (tertiary/aromatic N) is 1. The van der Waals surface area contributed by atoms with E-state index >= 15 is 0 Å². The molecule has 0 saturated heterocycles. The van der Waals surface area contributed by atoms with Crippen LogP contribution in [0.1, 0.15) is 26.3 Å². The largest absolute Gasteiger partial charge is 0.444 e. The molecule has 1 aromatic rings. The summed E-state index contributed by atoms with van der Waals surface area (Å²) in [5.41, 5.74) is 0.512. The van der Waals surface area contributed by atoms with Gasteiger partial charge in [0, 0.05) is 25.0 Å². The summed E-state index contributed by atoms with van der Waals surface area (Å²) in [4.78, 5) is 12.4. The van der Waals surface area contributed by atoms with Crippen molar-refractivity contribution in [1.82, 2.24) is 14.3 Å². The summed E-state index contributed by atoms with van der Waals surface area (Å²) in [6.45, 7) is 5.90. The lowest BCUT2D eigenvalue weighted by atomic mass is 9.85. The first-order valence-electron chi connectivity index (χ1n) is 8.76. The standard InChI is InChI=1S/C17H28BBrN3O5S/c1-17(2,3)15(21-18-26-4)12-20-28(24,25)22(11-10-19)16(23)27-13-14-8-6-5-7-9-14/h5-9,15,20-21H,10-13H2,1-4H3/t15-/m1/s1. The van der Waals surface area contributed by atoms with Gasteiger partial charge in [-0.25, -0.2) is 4.79 Å². The molecule has 0 saturated carbocycles. The van der Waals surface area contributed by atoms with Gasteiger partial charge in [0.25, 0.3) is 0 Å². The number of carbonyl (C=O) groups excluding carboxylic acids is 1. The topological polar surface area (TPSA) is 97.0 Å². The number of rotatable bonds is 11. The van der Waals surface area contributed by atoms with Gasteiger partial charge in [-0.3, -0.25) is 0 Å². The van der Waals surface area contributed by atoms with Crippen LogP contribution < -0.4 is 9.95 Å². The minimum atomic E-state index is -4.08. The van der Waals surface area contributed by atoms with Gasteiger partial charge in [0.05, 0.1) is 6.54 Å². The van der Waals surface area contributed by atoms with Gasteiger partial charge in [0.2, 0.25) is 0 Å².